The fraction of sp³-hybridized carbons (Fsp3) is 0.323. The highest BCUT2D eigenvalue weighted by Gasteiger charge is 2.41. The predicted octanol–water partition coefficient (Wildman–Crippen LogP) is 6.50. The second-order valence-electron chi connectivity index (χ2n) is 10.4. The fourth-order valence-electron chi connectivity index (χ4n) is 6.42. The summed E-state index contributed by atoms with van der Waals surface area (Å²) in [4.78, 5) is 16.6. The van der Waals surface area contributed by atoms with Crippen molar-refractivity contribution in [2.45, 2.75) is 57.3 Å². The molecular formula is C31H34ClN3O. The minimum atomic E-state index is 0. The van der Waals surface area contributed by atoms with Crippen molar-refractivity contribution < 1.29 is 4.79 Å². The molecule has 3 aromatic carbocycles. The summed E-state index contributed by atoms with van der Waals surface area (Å²) in [6.45, 7) is 3.11. The van der Waals surface area contributed by atoms with Gasteiger partial charge in [0.25, 0.3) is 5.91 Å². The monoisotopic (exact) mass is 499 g/mol. The summed E-state index contributed by atoms with van der Waals surface area (Å²) in [5.41, 5.74) is 6.52. The lowest BCUT2D eigenvalue weighted by Crippen LogP contribution is -2.50. The molecule has 4 aromatic rings. The molecule has 36 heavy (non-hydrogen) atoms. The molecule has 5 heteroatoms. The van der Waals surface area contributed by atoms with E-state index in [1.807, 2.05) is 18.2 Å². The molecule has 2 aliphatic heterocycles. The molecule has 0 spiro atoms. The second kappa shape index (κ2) is 10.1. The standard InChI is InChI=1S/C31H33N3O.ClH/c1-21-13-16-28-27(17-21)29(30(33(28)2)23-11-7-4-8-12-23)31(35)32-24-18-25-14-15-26(19-24)34(25)20-22-9-5-3-6-10-22;/h3-13,16-17,24-26H,14-15,18-20H2,1-2H3,(H,32,35);1H/t24?,25-,26+;. The van der Waals surface area contributed by atoms with Gasteiger partial charge in [0.2, 0.25) is 0 Å². The first-order valence-corrected chi connectivity index (χ1v) is 12.8. The molecule has 4 nitrogen and oxygen atoms in total. The molecule has 6 rings (SSSR count). The van der Waals surface area contributed by atoms with Crippen molar-refractivity contribution in [2.24, 2.45) is 7.05 Å². The molecule has 1 unspecified atom stereocenters. The van der Waals surface area contributed by atoms with Gasteiger partial charge in [0, 0.05) is 42.6 Å². The third kappa shape index (κ3) is 4.44. The lowest BCUT2D eigenvalue weighted by atomic mass is 9.95. The number of nitrogens with one attached hydrogen (secondary N) is 1. The van der Waals surface area contributed by atoms with Crippen molar-refractivity contribution in [1.29, 1.82) is 0 Å². The van der Waals surface area contributed by atoms with Gasteiger partial charge in [-0.05, 0) is 55.9 Å². The van der Waals surface area contributed by atoms with Crippen molar-refractivity contribution in [3.63, 3.8) is 0 Å². The van der Waals surface area contributed by atoms with E-state index >= 15 is 0 Å². The number of rotatable bonds is 5. The molecule has 1 amide bonds. The molecule has 2 saturated heterocycles. The van der Waals surface area contributed by atoms with Gasteiger partial charge in [-0.3, -0.25) is 9.69 Å². The van der Waals surface area contributed by atoms with Crippen LogP contribution < -0.4 is 5.32 Å². The predicted molar refractivity (Wildman–Crippen MR) is 150 cm³/mol. The van der Waals surface area contributed by atoms with Gasteiger partial charge >= 0.3 is 0 Å². The molecule has 0 saturated carbocycles. The molecule has 2 bridgehead atoms. The minimum absolute atomic E-state index is 0. The van der Waals surface area contributed by atoms with Gasteiger partial charge < -0.3 is 9.88 Å². The topological polar surface area (TPSA) is 37.3 Å². The van der Waals surface area contributed by atoms with Crippen LogP contribution in [-0.4, -0.2) is 33.5 Å². The zero-order valence-electron chi connectivity index (χ0n) is 21.0. The van der Waals surface area contributed by atoms with Crippen LogP contribution in [0.25, 0.3) is 22.2 Å². The first-order chi connectivity index (χ1) is 17.1. The Morgan fingerprint density at radius 3 is 2.22 bits per heavy atom. The molecule has 1 aromatic heterocycles. The Balaban J connectivity index is 0.00000267. The Hall–Kier alpha value is -3.08. The van der Waals surface area contributed by atoms with Crippen LogP contribution in [0.4, 0.5) is 0 Å². The number of carbonyl (C=O) groups excluding carboxylic acids is 1. The molecule has 2 aliphatic rings. The normalized spacial score (nSPS) is 21.3. The highest BCUT2D eigenvalue weighted by molar-refractivity contribution is 6.13. The largest absolute Gasteiger partial charge is 0.349 e. The molecular weight excluding hydrogens is 466 g/mol. The Bertz CT molecular complexity index is 1350. The minimum Gasteiger partial charge on any atom is -0.349 e. The molecule has 1 N–H and O–H groups in total. The summed E-state index contributed by atoms with van der Waals surface area (Å²) in [7, 11) is 2.07. The molecule has 0 aliphatic carbocycles. The average molecular weight is 500 g/mol. The number of nitrogens with zero attached hydrogens (tertiary/aromatic N) is 2. The zero-order valence-corrected chi connectivity index (χ0v) is 21.8. The number of halogens is 1. The maximum Gasteiger partial charge on any atom is 0.254 e. The van der Waals surface area contributed by atoms with Crippen molar-refractivity contribution in [3.05, 3.63) is 95.6 Å². The number of hydrogen-bond donors (Lipinski definition) is 1. The third-order valence-corrected chi connectivity index (χ3v) is 8.06. The summed E-state index contributed by atoms with van der Waals surface area (Å²) in [5, 5.41) is 4.51. The Kier molecular flexibility index (Phi) is 6.92. The van der Waals surface area contributed by atoms with E-state index in [4.69, 9.17) is 0 Å². The van der Waals surface area contributed by atoms with E-state index in [-0.39, 0.29) is 24.4 Å². The fourth-order valence-corrected chi connectivity index (χ4v) is 6.42. The SMILES string of the molecule is Cc1ccc2c(c1)c(C(=O)NC1C[C@H]3CC[C@@H](C1)N3Cc1ccccc1)c(-c1ccccc1)n2C.Cl. The van der Waals surface area contributed by atoms with Gasteiger partial charge in [-0.25, -0.2) is 0 Å². The van der Waals surface area contributed by atoms with Crippen LogP contribution in [-0.2, 0) is 13.6 Å². The molecule has 0 radical (unpaired) electrons. The van der Waals surface area contributed by atoms with E-state index < -0.39 is 0 Å². The number of hydrogen-bond acceptors (Lipinski definition) is 2. The van der Waals surface area contributed by atoms with E-state index in [1.165, 1.54) is 24.0 Å². The van der Waals surface area contributed by atoms with Crippen LogP contribution in [0.2, 0.25) is 0 Å². The quantitative estimate of drug-likeness (QED) is 0.340. The number of amides is 1. The van der Waals surface area contributed by atoms with Crippen molar-refractivity contribution >= 4 is 29.2 Å². The van der Waals surface area contributed by atoms with Crippen LogP contribution in [0, 0.1) is 6.92 Å². The highest BCUT2D eigenvalue weighted by Crippen LogP contribution is 2.38. The number of benzene rings is 3. The van der Waals surface area contributed by atoms with Gasteiger partial charge in [0.15, 0.2) is 0 Å². The molecule has 3 atom stereocenters. The summed E-state index contributed by atoms with van der Waals surface area (Å²) in [5.74, 6) is 0.0564. The first kappa shape index (κ1) is 24.6. The van der Waals surface area contributed by atoms with Crippen LogP contribution in [0.3, 0.4) is 0 Å². The number of piperidine rings is 1. The van der Waals surface area contributed by atoms with E-state index in [9.17, 15) is 4.79 Å². The lowest BCUT2D eigenvalue weighted by Gasteiger charge is -2.39. The highest BCUT2D eigenvalue weighted by atomic mass is 35.5. The van der Waals surface area contributed by atoms with Gasteiger partial charge in [0.05, 0.1) is 11.3 Å². The van der Waals surface area contributed by atoms with E-state index in [0.717, 1.165) is 47.1 Å². The maximum atomic E-state index is 13.9. The van der Waals surface area contributed by atoms with E-state index in [2.05, 4.69) is 89.4 Å². The van der Waals surface area contributed by atoms with Crippen molar-refractivity contribution in [1.82, 2.24) is 14.8 Å². The maximum absolute atomic E-state index is 13.9. The summed E-state index contributed by atoms with van der Waals surface area (Å²) >= 11 is 0. The van der Waals surface area contributed by atoms with Crippen molar-refractivity contribution in [3.8, 4) is 11.3 Å². The van der Waals surface area contributed by atoms with Crippen LogP contribution in [0.5, 0.6) is 0 Å². The van der Waals surface area contributed by atoms with Gasteiger partial charge in [0.1, 0.15) is 0 Å². The summed E-state index contributed by atoms with van der Waals surface area (Å²) in [6.07, 6.45) is 4.51. The molecule has 3 heterocycles. The number of fused-ring (bicyclic) bond motifs is 3. The van der Waals surface area contributed by atoms with Crippen LogP contribution in [0.15, 0.2) is 78.9 Å². The Labute approximate surface area is 219 Å². The zero-order chi connectivity index (χ0) is 23.9. The van der Waals surface area contributed by atoms with Gasteiger partial charge in [-0.2, -0.15) is 0 Å². The number of aryl methyl sites for hydroxylation is 2. The second-order valence-corrected chi connectivity index (χ2v) is 10.4. The molecule has 186 valence electrons. The lowest BCUT2D eigenvalue weighted by molar-refractivity contribution is 0.0829. The Morgan fingerprint density at radius 2 is 1.56 bits per heavy atom. The summed E-state index contributed by atoms with van der Waals surface area (Å²) < 4.78 is 2.17. The average Bonchev–Trinajstić information content (AvgIpc) is 3.28. The number of carbonyl (C=O) groups is 1. The third-order valence-electron chi connectivity index (χ3n) is 8.06. The van der Waals surface area contributed by atoms with Gasteiger partial charge in [-0.1, -0.05) is 72.3 Å². The Morgan fingerprint density at radius 1 is 0.917 bits per heavy atom. The van der Waals surface area contributed by atoms with Gasteiger partial charge in [-0.15, -0.1) is 12.4 Å². The smallest absolute Gasteiger partial charge is 0.254 e. The van der Waals surface area contributed by atoms with Crippen LogP contribution in [0.1, 0.15) is 47.2 Å². The van der Waals surface area contributed by atoms with Crippen molar-refractivity contribution in [2.75, 3.05) is 0 Å². The van der Waals surface area contributed by atoms with Crippen LogP contribution >= 0.6 is 12.4 Å². The number of aromatic nitrogens is 1. The molecule has 2 fully saturated rings. The van der Waals surface area contributed by atoms with E-state index in [1.54, 1.807) is 0 Å². The first-order valence-electron chi connectivity index (χ1n) is 12.8. The van der Waals surface area contributed by atoms with E-state index in [0.29, 0.717) is 12.1 Å². The summed E-state index contributed by atoms with van der Waals surface area (Å²) in [6, 6.07) is 28.8.